The van der Waals surface area contributed by atoms with Crippen molar-refractivity contribution in [2.75, 3.05) is 39.8 Å². The molecule has 0 spiro atoms. The van der Waals surface area contributed by atoms with Crippen LogP contribution in [-0.4, -0.2) is 72.7 Å². The molecule has 1 aromatic rings. The molecule has 1 saturated heterocycles. The Morgan fingerprint density at radius 1 is 1.38 bits per heavy atom. The van der Waals surface area contributed by atoms with Crippen molar-refractivity contribution in [1.29, 1.82) is 0 Å². The van der Waals surface area contributed by atoms with E-state index in [4.69, 9.17) is 21.4 Å². The molecule has 1 fully saturated rings. The van der Waals surface area contributed by atoms with Crippen molar-refractivity contribution >= 4 is 23.5 Å². The summed E-state index contributed by atoms with van der Waals surface area (Å²) in [4.78, 5) is 26.9. The molecule has 1 aliphatic rings. The number of carboxylic acids is 1. The summed E-state index contributed by atoms with van der Waals surface area (Å²) in [6, 6.07) is 7.72. The fourth-order valence-electron chi connectivity index (χ4n) is 3.22. The van der Waals surface area contributed by atoms with E-state index in [0.717, 1.165) is 6.42 Å². The molecule has 0 radical (unpaired) electrons. The summed E-state index contributed by atoms with van der Waals surface area (Å²) in [6.45, 7) is 4.12. The van der Waals surface area contributed by atoms with Crippen LogP contribution in [0, 0.1) is 5.92 Å². The maximum absolute atomic E-state index is 12.6. The number of hydrogen-bond acceptors (Lipinski definition) is 4. The first-order valence-corrected chi connectivity index (χ1v) is 9.25. The molecule has 144 valence electrons. The van der Waals surface area contributed by atoms with E-state index in [9.17, 15) is 9.59 Å². The molecule has 0 aromatic heterocycles. The molecule has 1 N–H and O–H groups in total. The van der Waals surface area contributed by atoms with Crippen LogP contribution < -0.4 is 0 Å². The second-order valence-corrected chi connectivity index (χ2v) is 7.50. The minimum absolute atomic E-state index is 0.0358. The Morgan fingerprint density at radius 2 is 2.08 bits per heavy atom. The van der Waals surface area contributed by atoms with Crippen molar-refractivity contribution in [3.8, 4) is 0 Å². The van der Waals surface area contributed by atoms with Gasteiger partial charge in [0.2, 0.25) is 5.91 Å². The number of carboxylic acid groups (broad SMARTS) is 1. The number of benzene rings is 1. The van der Waals surface area contributed by atoms with E-state index in [-0.39, 0.29) is 24.5 Å². The van der Waals surface area contributed by atoms with E-state index in [1.165, 1.54) is 5.56 Å². The second kappa shape index (κ2) is 9.90. The number of ether oxygens (including phenoxy) is 1. The van der Waals surface area contributed by atoms with Crippen molar-refractivity contribution in [2.45, 2.75) is 25.9 Å². The van der Waals surface area contributed by atoms with E-state index >= 15 is 0 Å². The van der Waals surface area contributed by atoms with Gasteiger partial charge in [-0.15, -0.1) is 0 Å². The number of nitrogens with zero attached hydrogens (tertiary/aromatic N) is 2. The number of halogens is 1. The third-order valence-electron chi connectivity index (χ3n) is 4.43. The predicted molar refractivity (Wildman–Crippen MR) is 100 cm³/mol. The van der Waals surface area contributed by atoms with Crippen LogP contribution in [0.1, 0.15) is 18.9 Å². The monoisotopic (exact) mass is 382 g/mol. The lowest BCUT2D eigenvalue weighted by atomic mass is 9.97. The van der Waals surface area contributed by atoms with Crippen LogP contribution in [0.5, 0.6) is 0 Å². The van der Waals surface area contributed by atoms with Gasteiger partial charge in [-0.05, 0) is 37.1 Å². The summed E-state index contributed by atoms with van der Waals surface area (Å²) in [7, 11) is 1.74. The average Bonchev–Trinajstić information content (AvgIpc) is 2.56. The molecule has 1 heterocycles. The van der Waals surface area contributed by atoms with Crippen LogP contribution in [0.4, 0.5) is 0 Å². The molecule has 2 unspecified atom stereocenters. The van der Waals surface area contributed by atoms with E-state index in [2.05, 4.69) is 6.92 Å². The van der Waals surface area contributed by atoms with Gasteiger partial charge in [-0.3, -0.25) is 14.5 Å². The highest BCUT2D eigenvalue weighted by Crippen LogP contribution is 2.17. The molecular formula is C19H27ClN2O4. The maximum Gasteiger partial charge on any atom is 0.317 e. The first kappa shape index (κ1) is 20.7. The van der Waals surface area contributed by atoms with E-state index in [1.807, 2.05) is 29.2 Å². The fourth-order valence-corrected chi connectivity index (χ4v) is 3.35. The van der Waals surface area contributed by atoms with Crippen molar-refractivity contribution in [2.24, 2.45) is 5.92 Å². The predicted octanol–water partition coefficient (Wildman–Crippen LogP) is 2.15. The Bertz CT molecular complexity index is 608. The minimum Gasteiger partial charge on any atom is -0.480 e. The summed E-state index contributed by atoms with van der Waals surface area (Å²) in [5, 5.41) is 9.55. The van der Waals surface area contributed by atoms with Crippen molar-refractivity contribution < 1.29 is 19.4 Å². The third kappa shape index (κ3) is 6.94. The van der Waals surface area contributed by atoms with Crippen LogP contribution in [0.3, 0.4) is 0 Å². The number of likely N-dealkylation sites (N-methyl/N-ethyl adjacent to an activating group) is 1. The van der Waals surface area contributed by atoms with Gasteiger partial charge in [-0.2, -0.15) is 0 Å². The van der Waals surface area contributed by atoms with Gasteiger partial charge >= 0.3 is 5.97 Å². The van der Waals surface area contributed by atoms with Gasteiger partial charge in [0.15, 0.2) is 0 Å². The maximum atomic E-state index is 12.6. The summed E-state index contributed by atoms with van der Waals surface area (Å²) in [5.74, 6) is -0.507. The molecule has 1 aliphatic heterocycles. The molecule has 0 bridgehead atoms. The van der Waals surface area contributed by atoms with Crippen molar-refractivity contribution in [1.82, 2.24) is 9.80 Å². The summed E-state index contributed by atoms with van der Waals surface area (Å²) < 4.78 is 5.68. The van der Waals surface area contributed by atoms with Crippen molar-refractivity contribution in [3.05, 3.63) is 34.9 Å². The SMILES string of the molecule is CC(CC(=O)N1CCOC(CN(C)CC(=O)O)C1)Cc1ccc(Cl)cc1. The summed E-state index contributed by atoms with van der Waals surface area (Å²) in [6.07, 6.45) is 1.17. The molecule has 26 heavy (non-hydrogen) atoms. The fraction of sp³-hybridized carbons (Fsp3) is 0.579. The Balaban J connectivity index is 1.80. The highest BCUT2D eigenvalue weighted by atomic mass is 35.5. The number of hydrogen-bond donors (Lipinski definition) is 1. The third-order valence-corrected chi connectivity index (χ3v) is 4.68. The van der Waals surface area contributed by atoms with E-state index < -0.39 is 5.97 Å². The lowest BCUT2D eigenvalue weighted by molar-refractivity contribution is -0.142. The van der Waals surface area contributed by atoms with Crippen LogP contribution in [0.15, 0.2) is 24.3 Å². The van der Waals surface area contributed by atoms with Crippen LogP contribution >= 0.6 is 11.6 Å². The zero-order valence-electron chi connectivity index (χ0n) is 15.4. The average molecular weight is 383 g/mol. The number of carbonyl (C=O) groups is 2. The van der Waals surface area contributed by atoms with Gasteiger partial charge in [0.05, 0.1) is 19.3 Å². The second-order valence-electron chi connectivity index (χ2n) is 7.06. The molecule has 2 rings (SSSR count). The Morgan fingerprint density at radius 3 is 2.73 bits per heavy atom. The molecule has 2 atom stereocenters. The van der Waals surface area contributed by atoms with Crippen LogP contribution in [0.25, 0.3) is 0 Å². The van der Waals surface area contributed by atoms with Crippen molar-refractivity contribution in [3.63, 3.8) is 0 Å². The minimum atomic E-state index is -0.868. The largest absolute Gasteiger partial charge is 0.480 e. The molecule has 1 amide bonds. The Hall–Kier alpha value is -1.63. The van der Waals surface area contributed by atoms with Gasteiger partial charge in [0.1, 0.15) is 0 Å². The normalized spacial score (nSPS) is 18.8. The van der Waals surface area contributed by atoms with Gasteiger partial charge in [-0.1, -0.05) is 30.7 Å². The standard InChI is InChI=1S/C19H27ClN2O4/c1-14(9-15-3-5-16(20)6-4-15)10-18(23)22-7-8-26-17(12-22)11-21(2)13-19(24)25/h3-6,14,17H,7-13H2,1-2H3,(H,24,25). The summed E-state index contributed by atoms with van der Waals surface area (Å²) >= 11 is 5.90. The van der Waals surface area contributed by atoms with Gasteiger partial charge in [0, 0.05) is 31.1 Å². The number of rotatable bonds is 8. The first-order chi connectivity index (χ1) is 12.3. The first-order valence-electron chi connectivity index (χ1n) is 8.87. The highest BCUT2D eigenvalue weighted by Gasteiger charge is 2.26. The number of amides is 1. The molecule has 6 nitrogen and oxygen atoms in total. The van der Waals surface area contributed by atoms with Gasteiger partial charge in [0.25, 0.3) is 0 Å². The Kier molecular flexibility index (Phi) is 7.87. The quantitative estimate of drug-likeness (QED) is 0.746. The number of aliphatic carboxylic acids is 1. The van der Waals surface area contributed by atoms with Crippen LogP contribution in [-0.2, 0) is 20.7 Å². The zero-order chi connectivity index (χ0) is 19.1. The number of carbonyl (C=O) groups excluding carboxylic acids is 1. The lowest BCUT2D eigenvalue weighted by Crippen LogP contribution is -2.49. The smallest absolute Gasteiger partial charge is 0.317 e. The topological polar surface area (TPSA) is 70.1 Å². The molecule has 0 aliphatic carbocycles. The van der Waals surface area contributed by atoms with Gasteiger partial charge in [-0.25, -0.2) is 0 Å². The van der Waals surface area contributed by atoms with Crippen LogP contribution in [0.2, 0.25) is 5.02 Å². The summed E-state index contributed by atoms with van der Waals surface area (Å²) in [5.41, 5.74) is 1.17. The van der Waals surface area contributed by atoms with E-state index in [0.29, 0.717) is 37.7 Å². The van der Waals surface area contributed by atoms with Gasteiger partial charge < -0.3 is 14.7 Å². The lowest BCUT2D eigenvalue weighted by Gasteiger charge is -2.35. The Labute approximate surface area is 159 Å². The highest BCUT2D eigenvalue weighted by molar-refractivity contribution is 6.30. The molecule has 7 heteroatoms. The molecule has 1 aromatic carbocycles. The molecule has 0 saturated carbocycles. The zero-order valence-corrected chi connectivity index (χ0v) is 16.1. The number of morpholine rings is 1. The van der Waals surface area contributed by atoms with E-state index in [1.54, 1.807) is 11.9 Å². The molecular weight excluding hydrogens is 356 g/mol.